The molecule has 0 aromatic heterocycles. The van der Waals surface area contributed by atoms with Crippen molar-refractivity contribution in [3.05, 3.63) is 59.2 Å². The summed E-state index contributed by atoms with van der Waals surface area (Å²) in [5.41, 5.74) is 2.96. The van der Waals surface area contributed by atoms with Gasteiger partial charge in [-0.15, -0.1) is 0 Å². The monoisotopic (exact) mass is 564 g/mol. The summed E-state index contributed by atoms with van der Waals surface area (Å²) in [6.07, 6.45) is 9.76. The molecule has 2 aromatic carbocycles. The number of nitrogens with one attached hydrogen (secondary N) is 1. The van der Waals surface area contributed by atoms with Gasteiger partial charge in [-0.3, -0.25) is 9.59 Å². The summed E-state index contributed by atoms with van der Waals surface area (Å²) < 4.78 is 17.9. The number of likely N-dealkylation sites (tertiary alicyclic amines) is 1. The molecule has 4 rings (SSSR count). The van der Waals surface area contributed by atoms with E-state index in [-0.39, 0.29) is 24.3 Å². The summed E-state index contributed by atoms with van der Waals surface area (Å²) in [7, 11) is 0. The van der Waals surface area contributed by atoms with Crippen LogP contribution < -0.4 is 14.8 Å². The molecular weight excluding hydrogens is 516 g/mol. The predicted octanol–water partition coefficient (Wildman–Crippen LogP) is 6.18. The first-order chi connectivity index (χ1) is 20.1. The molecule has 2 aromatic rings. The van der Waals surface area contributed by atoms with Crippen LogP contribution in [-0.4, -0.2) is 55.7 Å². The average molecular weight is 565 g/mol. The Balaban J connectivity index is 1.55. The maximum absolute atomic E-state index is 13.4. The minimum atomic E-state index is -0.651. The van der Waals surface area contributed by atoms with Crippen LogP contribution in [-0.2, 0) is 27.2 Å². The molecule has 2 aliphatic heterocycles. The molecule has 2 aliphatic rings. The molecule has 0 unspecified atom stereocenters. The van der Waals surface area contributed by atoms with E-state index in [1.807, 2.05) is 30.3 Å². The quantitative estimate of drug-likeness (QED) is 0.194. The van der Waals surface area contributed by atoms with Crippen LogP contribution in [0.3, 0.4) is 0 Å². The summed E-state index contributed by atoms with van der Waals surface area (Å²) in [5, 5.41) is 3.28. The topological polar surface area (TPSA) is 77.1 Å². The number of benzene rings is 2. The van der Waals surface area contributed by atoms with Gasteiger partial charge < -0.3 is 24.4 Å². The molecule has 1 saturated heterocycles. The fraction of sp³-hybridized carbons (Fsp3) is 0.588. The van der Waals surface area contributed by atoms with Crippen LogP contribution in [0, 0.1) is 0 Å². The van der Waals surface area contributed by atoms with E-state index in [0.29, 0.717) is 37.7 Å². The highest BCUT2D eigenvalue weighted by Gasteiger charge is 2.32. The highest BCUT2D eigenvalue weighted by Crippen LogP contribution is 2.35. The number of amides is 1. The van der Waals surface area contributed by atoms with Crippen LogP contribution in [0.15, 0.2) is 42.5 Å². The maximum atomic E-state index is 13.4. The third-order valence-corrected chi connectivity index (χ3v) is 7.90. The standard InChI is InChI=1S/C34H48N2O5/c1-3-5-6-7-8-15-32(37)35-29(25-36-18-9-10-19-36)34(28-16-17-30-31(24-28)40-21-20-39-30)41-33(38)23-27-14-11-13-26(22-27)12-4-2/h11,13-14,16-17,22,24,29,34H,3-10,12,15,18-21,23,25H2,1-2H3,(H,35,37)/t29-,34-/m1/s1. The normalized spacial score (nSPS) is 16.2. The molecule has 0 spiro atoms. The minimum absolute atomic E-state index is 0.0107. The van der Waals surface area contributed by atoms with Gasteiger partial charge >= 0.3 is 5.97 Å². The van der Waals surface area contributed by atoms with E-state index >= 15 is 0 Å². The lowest BCUT2D eigenvalue weighted by atomic mass is 9.99. The second kappa shape index (κ2) is 16.4. The zero-order valence-corrected chi connectivity index (χ0v) is 25.0. The van der Waals surface area contributed by atoms with Crippen LogP contribution in [0.1, 0.15) is 94.4 Å². The molecule has 0 saturated carbocycles. The van der Waals surface area contributed by atoms with Crippen molar-refractivity contribution in [2.75, 3.05) is 32.8 Å². The number of aryl methyl sites for hydroxylation is 1. The van der Waals surface area contributed by atoms with Crippen molar-refractivity contribution in [1.29, 1.82) is 0 Å². The minimum Gasteiger partial charge on any atom is -0.486 e. The van der Waals surface area contributed by atoms with Crippen LogP contribution >= 0.6 is 0 Å². The summed E-state index contributed by atoms with van der Waals surface area (Å²) in [6, 6.07) is 13.5. The van der Waals surface area contributed by atoms with Crippen LogP contribution in [0.25, 0.3) is 0 Å². The van der Waals surface area contributed by atoms with Crippen molar-refractivity contribution in [1.82, 2.24) is 10.2 Å². The molecule has 7 nitrogen and oxygen atoms in total. The lowest BCUT2D eigenvalue weighted by Crippen LogP contribution is -2.47. The van der Waals surface area contributed by atoms with Crippen LogP contribution in [0.4, 0.5) is 0 Å². The Labute approximate surface area is 245 Å². The van der Waals surface area contributed by atoms with Gasteiger partial charge in [-0.05, 0) is 67.6 Å². The van der Waals surface area contributed by atoms with E-state index in [1.165, 1.54) is 18.4 Å². The zero-order valence-electron chi connectivity index (χ0n) is 25.0. The Bertz CT molecular complexity index is 1110. The van der Waals surface area contributed by atoms with Crippen molar-refractivity contribution in [2.45, 2.75) is 96.6 Å². The predicted molar refractivity (Wildman–Crippen MR) is 161 cm³/mol. The number of carbonyl (C=O) groups excluding carboxylic acids is 2. The molecule has 1 fully saturated rings. The first-order valence-corrected chi connectivity index (χ1v) is 15.7. The third kappa shape index (κ3) is 9.77. The molecule has 0 radical (unpaired) electrons. The SMILES string of the molecule is CCCCCCCC(=O)N[C@H](CN1CCCC1)[C@H](OC(=O)Cc1cccc(CCC)c1)c1ccc2c(c1)OCCO2. The fourth-order valence-electron chi connectivity index (χ4n) is 5.78. The van der Waals surface area contributed by atoms with Crippen molar-refractivity contribution < 1.29 is 23.8 Å². The van der Waals surface area contributed by atoms with Crippen LogP contribution in [0.5, 0.6) is 11.5 Å². The van der Waals surface area contributed by atoms with Gasteiger partial charge in [0.1, 0.15) is 19.3 Å². The second-order valence-corrected chi connectivity index (χ2v) is 11.4. The number of nitrogens with zero attached hydrogens (tertiary/aromatic N) is 1. The number of hydrogen-bond acceptors (Lipinski definition) is 6. The molecule has 2 atom stereocenters. The number of rotatable bonds is 16. The number of esters is 1. The Morgan fingerprint density at radius 3 is 2.44 bits per heavy atom. The number of hydrogen-bond donors (Lipinski definition) is 1. The van der Waals surface area contributed by atoms with Crippen molar-refractivity contribution in [3.8, 4) is 11.5 Å². The van der Waals surface area contributed by atoms with Crippen molar-refractivity contribution in [3.63, 3.8) is 0 Å². The van der Waals surface area contributed by atoms with E-state index < -0.39 is 6.10 Å². The molecule has 41 heavy (non-hydrogen) atoms. The van der Waals surface area contributed by atoms with Crippen molar-refractivity contribution >= 4 is 11.9 Å². The number of carbonyl (C=O) groups is 2. The van der Waals surface area contributed by atoms with Gasteiger partial charge in [0.05, 0.1) is 12.5 Å². The number of ether oxygens (including phenoxy) is 3. The highest BCUT2D eigenvalue weighted by atomic mass is 16.6. The third-order valence-electron chi connectivity index (χ3n) is 7.90. The molecule has 1 amide bonds. The molecule has 224 valence electrons. The van der Waals surface area contributed by atoms with Gasteiger partial charge in [-0.25, -0.2) is 0 Å². The Kier molecular flexibility index (Phi) is 12.4. The first-order valence-electron chi connectivity index (χ1n) is 15.7. The van der Waals surface area contributed by atoms with E-state index in [4.69, 9.17) is 14.2 Å². The Morgan fingerprint density at radius 1 is 0.902 bits per heavy atom. The Hall–Kier alpha value is -3.06. The maximum Gasteiger partial charge on any atom is 0.310 e. The molecule has 0 bridgehead atoms. The summed E-state index contributed by atoms with van der Waals surface area (Å²) in [6.45, 7) is 7.91. The number of unbranched alkanes of at least 4 members (excludes halogenated alkanes) is 4. The van der Waals surface area contributed by atoms with E-state index in [0.717, 1.165) is 69.2 Å². The van der Waals surface area contributed by atoms with Gasteiger partial charge in [-0.2, -0.15) is 0 Å². The first kappa shape index (κ1) is 30.9. The van der Waals surface area contributed by atoms with Gasteiger partial charge in [-0.1, -0.05) is 76.3 Å². The van der Waals surface area contributed by atoms with Gasteiger partial charge in [0.15, 0.2) is 11.5 Å². The average Bonchev–Trinajstić information content (AvgIpc) is 3.49. The smallest absolute Gasteiger partial charge is 0.310 e. The van der Waals surface area contributed by atoms with Gasteiger partial charge in [0, 0.05) is 13.0 Å². The summed E-state index contributed by atoms with van der Waals surface area (Å²) >= 11 is 0. The molecule has 0 aliphatic carbocycles. The summed E-state index contributed by atoms with van der Waals surface area (Å²) in [4.78, 5) is 29.0. The molecule has 7 heteroatoms. The molecule has 2 heterocycles. The fourth-order valence-corrected chi connectivity index (χ4v) is 5.78. The van der Waals surface area contributed by atoms with E-state index in [1.54, 1.807) is 0 Å². The van der Waals surface area contributed by atoms with E-state index in [2.05, 4.69) is 36.2 Å². The largest absolute Gasteiger partial charge is 0.486 e. The van der Waals surface area contributed by atoms with Crippen molar-refractivity contribution in [2.24, 2.45) is 0 Å². The molecule has 1 N–H and O–H groups in total. The Morgan fingerprint density at radius 2 is 1.66 bits per heavy atom. The van der Waals surface area contributed by atoms with Gasteiger partial charge in [0.25, 0.3) is 0 Å². The van der Waals surface area contributed by atoms with Crippen LogP contribution in [0.2, 0.25) is 0 Å². The lowest BCUT2D eigenvalue weighted by Gasteiger charge is -2.32. The second-order valence-electron chi connectivity index (χ2n) is 11.4. The zero-order chi connectivity index (χ0) is 28.9. The lowest BCUT2D eigenvalue weighted by molar-refractivity contribution is -0.151. The van der Waals surface area contributed by atoms with Gasteiger partial charge in [0.2, 0.25) is 5.91 Å². The number of fused-ring (bicyclic) bond motifs is 1. The highest BCUT2D eigenvalue weighted by molar-refractivity contribution is 5.77. The van der Waals surface area contributed by atoms with E-state index in [9.17, 15) is 9.59 Å². The summed E-state index contributed by atoms with van der Waals surface area (Å²) in [5.74, 6) is 1.03. The molecular formula is C34H48N2O5.